The van der Waals surface area contributed by atoms with E-state index in [-0.39, 0.29) is 42.6 Å². The molecular weight excluding hydrogens is 384 g/mol. The molecule has 0 spiro atoms. The van der Waals surface area contributed by atoms with Gasteiger partial charge in [-0.2, -0.15) is 0 Å². The summed E-state index contributed by atoms with van der Waals surface area (Å²) < 4.78 is 13.9. The molecule has 1 saturated heterocycles. The number of hydrogen-bond acceptors (Lipinski definition) is 4. The molecule has 0 saturated carbocycles. The fourth-order valence-electron chi connectivity index (χ4n) is 3.02. The maximum atomic E-state index is 13.9. The van der Waals surface area contributed by atoms with E-state index in [1.807, 2.05) is 4.90 Å². The van der Waals surface area contributed by atoms with Crippen molar-refractivity contribution in [2.45, 2.75) is 25.8 Å². The van der Waals surface area contributed by atoms with Crippen molar-refractivity contribution in [3.8, 4) is 10.6 Å². The summed E-state index contributed by atoms with van der Waals surface area (Å²) in [6.07, 6.45) is 3.46. The molecule has 1 aromatic heterocycles. The van der Waals surface area contributed by atoms with Gasteiger partial charge in [-0.1, -0.05) is 19.1 Å². The van der Waals surface area contributed by atoms with E-state index in [9.17, 15) is 9.18 Å². The summed E-state index contributed by atoms with van der Waals surface area (Å²) >= 11 is 1.23. The summed E-state index contributed by atoms with van der Waals surface area (Å²) in [5.74, 6) is 0.211. The Morgan fingerprint density at radius 2 is 2.12 bits per heavy atom. The van der Waals surface area contributed by atoms with Crippen molar-refractivity contribution in [2.75, 3.05) is 13.1 Å². The second-order valence-electron chi connectivity index (χ2n) is 6.03. The molecule has 2 N–H and O–H groups in total. The molecule has 0 radical (unpaired) electrons. The highest BCUT2D eigenvalue weighted by Gasteiger charge is 2.30. The minimum atomic E-state index is -0.326. The fourth-order valence-corrected chi connectivity index (χ4v) is 3.92. The first kappa shape index (κ1) is 21.8. The monoisotopic (exact) mass is 405 g/mol. The van der Waals surface area contributed by atoms with Crippen LogP contribution in [0.15, 0.2) is 30.5 Å². The first-order valence-corrected chi connectivity index (χ1v) is 8.63. The van der Waals surface area contributed by atoms with Gasteiger partial charge in [-0.05, 0) is 30.9 Å². The minimum absolute atomic E-state index is 0. The van der Waals surface area contributed by atoms with Gasteiger partial charge in [0, 0.05) is 24.7 Å². The van der Waals surface area contributed by atoms with E-state index in [0.29, 0.717) is 27.9 Å². The van der Waals surface area contributed by atoms with Crippen molar-refractivity contribution in [3.63, 3.8) is 0 Å². The third kappa shape index (κ3) is 4.70. The highest BCUT2D eigenvalue weighted by Crippen LogP contribution is 2.30. The molecule has 8 heteroatoms. The third-order valence-corrected chi connectivity index (χ3v) is 5.35. The summed E-state index contributed by atoms with van der Waals surface area (Å²) in [5.41, 5.74) is 6.26. The summed E-state index contributed by atoms with van der Waals surface area (Å²) in [4.78, 5) is 19.4. The van der Waals surface area contributed by atoms with Gasteiger partial charge in [-0.3, -0.25) is 4.79 Å². The second kappa shape index (κ2) is 9.48. The highest BCUT2D eigenvalue weighted by atomic mass is 35.5. The van der Waals surface area contributed by atoms with Crippen LogP contribution in [-0.2, 0) is 0 Å². The van der Waals surface area contributed by atoms with E-state index >= 15 is 0 Å². The van der Waals surface area contributed by atoms with Gasteiger partial charge in [0.15, 0.2) is 0 Å². The van der Waals surface area contributed by atoms with E-state index in [2.05, 4.69) is 11.9 Å². The topological polar surface area (TPSA) is 59.2 Å². The molecule has 0 aliphatic carbocycles. The molecule has 138 valence electrons. The summed E-state index contributed by atoms with van der Waals surface area (Å²) in [7, 11) is 0. The van der Waals surface area contributed by atoms with Crippen molar-refractivity contribution in [1.29, 1.82) is 0 Å². The number of rotatable bonds is 3. The van der Waals surface area contributed by atoms with Crippen LogP contribution in [0.4, 0.5) is 4.39 Å². The molecule has 1 aliphatic heterocycles. The molecule has 0 bridgehead atoms. The van der Waals surface area contributed by atoms with Crippen LogP contribution in [0, 0.1) is 11.7 Å². The highest BCUT2D eigenvalue weighted by molar-refractivity contribution is 7.16. The Labute approximate surface area is 163 Å². The molecule has 4 nitrogen and oxygen atoms in total. The number of benzene rings is 1. The van der Waals surface area contributed by atoms with Crippen LogP contribution in [0.1, 0.15) is 29.4 Å². The molecule has 2 atom stereocenters. The molecule has 2 unspecified atom stereocenters. The number of nitrogens with two attached hydrogens (primary N) is 1. The molecule has 2 heterocycles. The van der Waals surface area contributed by atoms with Gasteiger partial charge in [0.25, 0.3) is 5.91 Å². The standard InChI is InChI=1S/C17H20FN3OS.2ClH/c1-11-6-7-21(12(8-11)9-19)17(22)15-10-20-16(23-15)13-4-2-3-5-14(13)18;;/h2-5,10-12H,6-9,19H2,1H3;2*1H. The maximum Gasteiger partial charge on any atom is 0.265 e. The minimum Gasteiger partial charge on any atom is -0.334 e. The average Bonchev–Trinajstić information content (AvgIpc) is 3.04. The van der Waals surface area contributed by atoms with Gasteiger partial charge in [0.05, 0.1) is 6.20 Å². The zero-order chi connectivity index (χ0) is 16.4. The van der Waals surface area contributed by atoms with Crippen LogP contribution in [0.5, 0.6) is 0 Å². The zero-order valence-corrected chi connectivity index (χ0v) is 16.3. The normalized spacial score (nSPS) is 19.7. The van der Waals surface area contributed by atoms with Crippen LogP contribution < -0.4 is 5.73 Å². The van der Waals surface area contributed by atoms with E-state index in [1.54, 1.807) is 24.4 Å². The fraction of sp³-hybridized carbons (Fsp3) is 0.412. The van der Waals surface area contributed by atoms with Gasteiger partial charge in [0.1, 0.15) is 15.7 Å². The Balaban J connectivity index is 0.00000156. The number of aromatic nitrogens is 1. The number of halogens is 3. The molecule has 1 aromatic carbocycles. The number of likely N-dealkylation sites (tertiary alicyclic amines) is 1. The lowest BCUT2D eigenvalue weighted by Crippen LogP contribution is -2.49. The Hall–Kier alpha value is -1.21. The van der Waals surface area contributed by atoms with Gasteiger partial charge in [0.2, 0.25) is 0 Å². The maximum absolute atomic E-state index is 13.9. The third-order valence-electron chi connectivity index (χ3n) is 4.33. The molecule has 1 aliphatic rings. The molecule has 1 fully saturated rings. The molecule has 3 rings (SSSR count). The predicted octanol–water partition coefficient (Wildman–Crippen LogP) is 3.99. The number of amides is 1. The van der Waals surface area contributed by atoms with Crippen molar-refractivity contribution in [3.05, 3.63) is 41.2 Å². The van der Waals surface area contributed by atoms with Crippen molar-refractivity contribution >= 4 is 42.1 Å². The Morgan fingerprint density at radius 3 is 2.80 bits per heavy atom. The summed E-state index contributed by atoms with van der Waals surface area (Å²) in [6.45, 7) is 3.37. The number of piperidine rings is 1. The van der Waals surface area contributed by atoms with E-state index in [0.717, 1.165) is 19.4 Å². The Morgan fingerprint density at radius 1 is 1.40 bits per heavy atom. The first-order chi connectivity index (χ1) is 11.1. The Kier molecular flexibility index (Phi) is 8.28. The Bertz CT molecular complexity index is 713. The summed E-state index contributed by atoms with van der Waals surface area (Å²) in [5, 5.41) is 0.529. The van der Waals surface area contributed by atoms with E-state index < -0.39 is 0 Å². The van der Waals surface area contributed by atoms with Gasteiger partial charge >= 0.3 is 0 Å². The van der Waals surface area contributed by atoms with Crippen molar-refractivity contribution in [1.82, 2.24) is 9.88 Å². The number of hydrogen-bond donors (Lipinski definition) is 1. The van der Waals surface area contributed by atoms with E-state index in [4.69, 9.17) is 5.73 Å². The molecule has 25 heavy (non-hydrogen) atoms. The van der Waals surface area contributed by atoms with Crippen LogP contribution in [-0.4, -0.2) is 34.9 Å². The number of thiazole rings is 1. The lowest BCUT2D eigenvalue weighted by atomic mass is 9.92. The predicted molar refractivity (Wildman–Crippen MR) is 104 cm³/mol. The largest absolute Gasteiger partial charge is 0.334 e. The number of carbonyl (C=O) groups excluding carboxylic acids is 1. The second-order valence-corrected chi connectivity index (χ2v) is 7.06. The molecule has 1 amide bonds. The average molecular weight is 406 g/mol. The van der Waals surface area contributed by atoms with E-state index in [1.165, 1.54) is 17.4 Å². The van der Waals surface area contributed by atoms with Gasteiger partial charge in [-0.15, -0.1) is 36.2 Å². The first-order valence-electron chi connectivity index (χ1n) is 7.82. The lowest BCUT2D eigenvalue weighted by Gasteiger charge is -2.37. The van der Waals surface area contributed by atoms with Crippen LogP contribution in [0.3, 0.4) is 0 Å². The van der Waals surface area contributed by atoms with Gasteiger partial charge in [-0.25, -0.2) is 9.37 Å². The number of carbonyl (C=O) groups is 1. The van der Waals surface area contributed by atoms with Gasteiger partial charge < -0.3 is 10.6 Å². The molecule has 2 aromatic rings. The lowest BCUT2D eigenvalue weighted by molar-refractivity contribution is 0.0578. The molecular formula is C17H22Cl2FN3OS. The zero-order valence-electron chi connectivity index (χ0n) is 13.9. The van der Waals surface area contributed by atoms with Crippen molar-refractivity contribution < 1.29 is 9.18 Å². The summed E-state index contributed by atoms with van der Waals surface area (Å²) in [6, 6.07) is 6.55. The number of nitrogens with zero attached hydrogens (tertiary/aromatic N) is 2. The SMILES string of the molecule is CC1CCN(C(=O)c2cnc(-c3ccccc3F)s2)C(CN)C1.Cl.Cl. The van der Waals surface area contributed by atoms with Crippen LogP contribution in [0.2, 0.25) is 0 Å². The van der Waals surface area contributed by atoms with Crippen molar-refractivity contribution in [2.24, 2.45) is 11.7 Å². The van der Waals surface area contributed by atoms with Crippen LogP contribution >= 0.6 is 36.2 Å². The van der Waals surface area contributed by atoms with Crippen LogP contribution in [0.25, 0.3) is 10.6 Å². The smallest absolute Gasteiger partial charge is 0.265 e. The quantitative estimate of drug-likeness (QED) is 0.839.